The zero-order chi connectivity index (χ0) is 16.2. The Hall–Kier alpha value is -1.75. The van der Waals surface area contributed by atoms with Crippen molar-refractivity contribution in [1.29, 1.82) is 0 Å². The Balaban J connectivity index is 1.74. The lowest BCUT2D eigenvalue weighted by molar-refractivity contribution is 0.575. The smallest absolute Gasteiger partial charge is 0.147 e. The van der Waals surface area contributed by atoms with Crippen molar-refractivity contribution in [1.82, 2.24) is 0 Å². The van der Waals surface area contributed by atoms with Gasteiger partial charge in [-0.1, -0.05) is 63.4 Å². The first-order chi connectivity index (χ1) is 11.1. The first kappa shape index (κ1) is 16.1. The predicted octanol–water partition coefficient (Wildman–Crippen LogP) is 6.46. The maximum absolute atomic E-state index is 6.08. The number of nitrogens with one attached hydrogen (secondary N) is 1. The zero-order valence-corrected chi connectivity index (χ0v) is 14.9. The van der Waals surface area contributed by atoms with Crippen molar-refractivity contribution in [3.8, 4) is 11.3 Å². The molecular weight excluding hydrogens is 399 g/mol. The van der Waals surface area contributed by atoms with Gasteiger partial charge in [0.25, 0.3) is 0 Å². The molecule has 23 heavy (non-hydrogen) atoms. The van der Waals surface area contributed by atoms with Crippen LogP contribution in [0.4, 0.5) is 5.69 Å². The van der Waals surface area contributed by atoms with Gasteiger partial charge in [0.2, 0.25) is 0 Å². The molecule has 1 aromatic heterocycles. The third-order valence-corrected chi connectivity index (χ3v) is 4.60. The molecule has 3 nitrogen and oxygen atoms in total. The molecule has 0 aliphatic rings. The van der Waals surface area contributed by atoms with E-state index in [-0.39, 0.29) is 0 Å². The SMILES string of the molecule is Clc1cccc(N/N=C/c2ccc(-c3ccccc3Br)o2)c1Cl. The second-order valence-corrected chi connectivity index (χ2v) is 6.29. The Kier molecular flexibility index (Phi) is 5.06. The molecule has 0 aliphatic heterocycles. The number of furan rings is 1. The largest absolute Gasteiger partial charge is 0.455 e. The summed E-state index contributed by atoms with van der Waals surface area (Å²) in [5, 5.41) is 5.02. The molecule has 0 spiro atoms. The first-order valence-electron chi connectivity index (χ1n) is 6.73. The Morgan fingerprint density at radius 2 is 1.83 bits per heavy atom. The van der Waals surface area contributed by atoms with Crippen LogP contribution in [-0.4, -0.2) is 6.21 Å². The molecule has 0 saturated heterocycles. The number of hydrazone groups is 1. The van der Waals surface area contributed by atoms with Crippen molar-refractivity contribution in [2.24, 2.45) is 5.10 Å². The van der Waals surface area contributed by atoms with E-state index in [1.165, 1.54) is 0 Å². The topological polar surface area (TPSA) is 37.5 Å². The van der Waals surface area contributed by atoms with Crippen molar-refractivity contribution in [2.45, 2.75) is 0 Å². The van der Waals surface area contributed by atoms with Crippen LogP contribution in [0.25, 0.3) is 11.3 Å². The Bertz CT molecular complexity index is 861. The van der Waals surface area contributed by atoms with Gasteiger partial charge in [0.05, 0.1) is 21.9 Å². The van der Waals surface area contributed by atoms with Crippen LogP contribution in [0.1, 0.15) is 5.76 Å². The van der Waals surface area contributed by atoms with E-state index >= 15 is 0 Å². The van der Waals surface area contributed by atoms with E-state index in [4.69, 9.17) is 27.6 Å². The minimum absolute atomic E-state index is 0.430. The highest BCUT2D eigenvalue weighted by Crippen LogP contribution is 2.30. The van der Waals surface area contributed by atoms with Crippen LogP contribution >= 0.6 is 39.1 Å². The monoisotopic (exact) mass is 408 g/mol. The normalized spacial score (nSPS) is 11.1. The van der Waals surface area contributed by atoms with Gasteiger partial charge in [-0.05, 0) is 30.3 Å². The van der Waals surface area contributed by atoms with Crippen LogP contribution in [0, 0.1) is 0 Å². The lowest BCUT2D eigenvalue weighted by atomic mass is 10.2. The molecule has 6 heteroatoms. The molecule has 0 atom stereocenters. The second-order valence-electron chi connectivity index (χ2n) is 4.65. The first-order valence-corrected chi connectivity index (χ1v) is 8.28. The van der Waals surface area contributed by atoms with E-state index in [9.17, 15) is 0 Å². The number of rotatable bonds is 4. The van der Waals surface area contributed by atoms with Crippen LogP contribution < -0.4 is 5.43 Å². The number of nitrogens with zero attached hydrogens (tertiary/aromatic N) is 1. The molecule has 0 aliphatic carbocycles. The van der Waals surface area contributed by atoms with Crippen LogP contribution in [0.5, 0.6) is 0 Å². The van der Waals surface area contributed by atoms with E-state index in [0.717, 1.165) is 15.8 Å². The van der Waals surface area contributed by atoms with Gasteiger partial charge in [-0.15, -0.1) is 0 Å². The highest BCUT2D eigenvalue weighted by atomic mass is 79.9. The van der Waals surface area contributed by atoms with E-state index < -0.39 is 0 Å². The Labute approximate surface area is 152 Å². The molecular formula is C17H11BrCl2N2O. The van der Waals surface area contributed by atoms with Crippen LogP contribution in [0.3, 0.4) is 0 Å². The summed E-state index contributed by atoms with van der Waals surface area (Å²) < 4.78 is 6.74. The fourth-order valence-corrected chi connectivity index (χ4v) is 2.81. The van der Waals surface area contributed by atoms with Gasteiger partial charge < -0.3 is 4.42 Å². The minimum Gasteiger partial charge on any atom is -0.455 e. The van der Waals surface area contributed by atoms with Gasteiger partial charge in [0.1, 0.15) is 11.5 Å². The second kappa shape index (κ2) is 7.21. The van der Waals surface area contributed by atoms with Crippen LogP contribution in [-0.2, 0) is 0 Å². The molecule has 0 bridgehead atoms. The summed E-state index contributed by atoms with van der Waals surface area (Å²) in [6, 6.07) is 16.9. The molecule has 0 fully saturated rings. The quantitative estimate of drug-likeness (QED) is 0.396. The van der Waals surface area contributed by atoms with Crippen molar-refractivity contribution >= 4 is 51.0 Å². The summed E-state index contributed by atoms with van der Waals surface area (Å²) in [6.45, 7) is 0. The Morgan fingerprint density at radius 3 is 2.65 bits per heavy atom. The number of hydrogen-bond acceptors (Lipinski definition) is 3. The standard InChI is InChI=1S/C17H11BrCl2N2O/c18-13-5-2-1-4-12(13)16-9-8-11(23-16)10-21-22-15-7-3-6-14(19)17(15)20/h1-10,22H/b21-10+. The molecule has 0 unspecified atom stereocenters. The average Bonchev–Trinajstić information content (AvgIpc) is 3.00. The summed E-state index contributed by atoms with van der Waals surface area (Å²) in [7, 11) is 0. The molecule has 0 saturated carbocycles. The number of anilines is 1. The molecule has 1 N–H and O–H groups in total. The molecule has 2 aromatic carbocycles. The average molecular weight is 410 g/mol. The number of halogens is 3. The molecule has 1 heterocycles. The predicted molar refractivity (Wildman–Crippen MR) is 99.5 cm³/mol. The fourth-order valence-electron chi connectivity index (χ4n) is 1.98. The summed E-state index contributed by atoms with van der Waals surface area (Å²) in [4.78, 5) is 0. The third kappa shape index (κ3) is 3.78. The van der Waals surface area contributed by atoms with Crippen molar-refractivity contribution < 1.29 is 4.42 Å². The lowest BCUT2D eigenvalue weighted by Crippen LogP contribution is -1.90. The Morgan fingerprint density at radius 1 is 1.00 bits per heavy atom. The van der Waals surface area contributed by atoms with Gasteiger partial charge in [0, 0.05) is 10.0 Å². The summed E-state index contributed by atoms with van der Waals surface area (Å²) in [5.41, 5.74) is 4.46. The van der Waals surface area contributed by atoms with Gasteiger partial charge in [-0.2, -0.15) is 5.10 Å². The van der Waals surface area contributed by atoms with E-state index in [0.29, 0.717) is 21.5 Å². The minimum atomic E-state index is 0.430. The van der Waals surface area contributed by atoms with Gasteiger partial charge in [-0.3, -0.25) is 5.43 Å². The molecule has 116 valence electrons. The van der Waals surface area contributed by atoms with Crippen molar-refractivity contribution in [2.75, 3.05) is 5.43 Å². The maximum atomic E-state index is 6.08. The summed E-state index contributed by atoms with van der Waals surface area (Å²) in [5.74, 6) is 1.39. The number of benzene rings is 2. The van der Waals surface area contributed by atoms with Gasteiger partial charge in [0.15, 0.2) is 0 Å². The summed E-state index contributed by atoms with van der Waals surface area (Å²) >= 11 is 15.5. The zero-order valence-electron chi connectivity index (χ0n) is 11.8. The van der Waals surface area contributed by atoms with Crippen LogP contribution in [0.15, 0.2) is 68.6 Å². The van der Waals surface area contributed by atoms with E-state index in [2.05, 4.69) is 26.5 Å². The van der Waals surface area contributed by atoms with Gasteiger partial charge >= 0.3 is 0 Å². The highest BCUT2D eigenvalue weighted by Gasteiger charge is 2.07. The third-order valence-electron chi connectivity index (χ3n) is 3.09. The molecule has 3 aromatic rings. The fraction of sp³-hybridized carbons (Fsp3) is 0. The molecule has 0 radical (unpaired) electrons. The maximum Gasteiger partial charge on any atom is 0.147 e. The molecule has 0 amide bonds. The number of hydrogen-bond donors (Lipinski definition) is 1. The molecule has 3 rings (SSSR count). The van der Waals surface area contributed by atoms with Crippen molar-refractivity contribution in [3.63, 3.8) is 0 Å². The van der Waals surface area contributed by atoms with Crippen LogP contribution in [0.2, 0.25) is 10.0 Å². The highest BCUT2D eigenvalue weighted by molar-refractivity contribution is 9.10. The van der Waals surface area contributed by atoms with E-state index in [1.54, 1.807) is 24.4 Å². The van der Waals surface area contributed by atoms with Crippen molar-refractivity contribution in [3.05, 3.63) is 74.9 Å². The summed E-state index contributed by atoms with van der Waals surface area (Å²) in [6.07, 6.45) is 1.58. The lowest BCUT2D eigenvalue weighted by Gasteiger charge is -2.03. The van der Waals surface area contributed by atoms with E-state index in [1.807, 2.05) is 36.4 Å². The van der Waals surface area contributed by atoms with Gasteiger partial charge in [-0.25, -0.2) is 0 Å².